The lowest BCUT2D eigenvalue weighted by atomic mass is 10.2. The standard InChI is InChI=1S/C23H26N2O5S/c1-26-17-8-9-19(21(13-17)28-3)24-23(31)25(15-18-6-5-11-30-18)14-16-7-10-20(27-2)22(12-16)29-4/h5-13H,14-15H2,1-4H3,(H,24,31). The first-order valence-electron chi connectivity index (χ1n) is 9.59. The third kappa shape index (κ3) is 5.61. The van der Waals surface area contributed by atoms with Crippen molar-refractivity contribution in [1.82, 2.24) is 4.90 Å². The van der Waals surface area contributed by atoms with Crippen LogP contribution < -0.4 is 24.3 Å². The molecule has 1 aromatic heterocycles. The molecule has 0 saturated heterocycles. The first kappa shape index (κ1) is 22.3. The van der Waals surface area contributed by atoms with E-state index in [1.807, 2.05) is 47.4 Å². The normalized spacial score (nSPS) is 10.3. The molecule has 2 aromatic carbocycles. The largest absolute Gasteiger partial charge is 0.497 e. The number of rotatable bonds is 9. The molecular weight excluding hydrogens is 416 g/mol. The number of benzene rings is 2. The maximum atomic E-state index is 5.74. The van der Waals surface area contributed by atoms with E-state index >= 15 is 0 Å². The van der Waals surface area contributed by atoms with Crippen LogP contribution in [0.2, 0.25) is 0 Å². The summed E-state index contributed by atoms with van der Waals surface area (Å²) in [7, 11) is 6.44. The second-order valence-electron chi connectivity index (χ2n) is 6.62. The molecule has 0 aliphatic carbocycles. The van der Waals surface area contributed by atoms with Gasteiger partial charge in [-0.05, 0) is 54.2 Å². The van der Waals surface area contributed by atoms with E-state index in [1.165, 1.54) is 0 Å². The fraction of sp³-hybridized carbons (Fsp3) is 0.261. The van der Waals surface area contributed by atoms with Crippen LogP contribution in [0.15, 0.2) is 59.2 Å². The maximum absolute atomic E-state index is 5.74. The van der Waals surface area contributed by atoms with Crippen molar-refractivity contribution in [2.24, 2.45) is 0 Å². The van der Waals surface area contributed by atoms with Crippen LogP contribution >= 0.6 is 12.2 Å². The summed E-state index contributed by atoms with van der Waals surface area (Å²) in [6, 6.07) is 15.1. The van der Waals surface area contributed by atoms with Crippen molar-refractivity contribution in [1.29, 1.82) is 0 Å². The van der Waals surface area contributed by atoms with Gasteiger partial charge in [0.15, 0.2) is 16.6 Å². The average molecular weight is 443 g/mol. The fourth-order valence-corrected chi connectivity index (χ4v) is 3.32. The van der Waals surface area contributed by atoms with Gasteiger partial charge in [0.25, 0.3) is 0 Å². The minimum absolute atomic E-state index is 0.492. The molecule has 3 rings (SSSR count). The molecule has 0 aliphatic heterocycles. The Morgan fingerprint density at radius 3 is 2.29 bits per heavy atom. The molecule has 0 atom stereocenters. The van der Waals surface area contributed by atoms with Gasteiger partial charge in [0, 0.05) is 12.6 Å². The van der Waals surface area contributed by atoms with Crippen LogP contribution in [0.4, 0.5) is 5.69 Å². The molecule has 0 unspecified atom stereocenters. The zero-order valence-electron chi connectivity index (χ0n) is 18.0. The van der Waals surface area contributed by atoms with Crippen LogP contribution in [0.5, 0.6) is 23.0 Å². The molecule has 31 heavy (non-hydrogen) atoms. The number of ether oxygens (including phenoxy) is 4. The molecule has 0 radical (unpaired) electrons. The second-order valence-corrected chi connectivity index (χ2v) is 7.01. The Morgan fingerprint density at radius 1 is 0.871 bits per heavy atom. The van der Waals surface area contributed by atoms with Crippen LogP contribution in [-0.4, -0.2) is 38.5 Å². The topological polar surface area (TPSA) is 65.3 Å². The molecule has 8 heteroatoms. The van der Waals surface area contributed by atoms with Gasteiger partial charge in [0.2, 0.25) is 0 Å². The third-order valence-electron chi connectivity index (χ3n) is 4.69. The highest BCUT2D eigenvalue weighted by Crippen LogP contribution is 2.31. The van der Waals surface area contributed by atoms with Crippen LogP contribution in [-0.2, 0) is 13.1 Å². The second kappa shape index (κ2) is 10.6. The predicted molar refractivity (Wildman–Crippen MR) is 123 cm³/mol. The Balaban J connectivity index is 1.84. The minimum Gasteiger partial charge on any atom is -0.497 e. The summed E-state index contributed by atoms with van der Waals surface area (Å²) in [6.45, 7) is 1.02. The van der Waals surface area contributed by atoms with Crippen LogP contribution in [0.1, 0.15) is 11.3 Å². The molecule has 1 N–H and O–H groups in total. The van der Waals surface area contributed by atoms with Gasteiger partial charge in [-0.25, -0.2) is 0 Å². The number of hydrogen-bond acceptors (Lipinski definition) is 6. The molecule has 1 heterocycles. The summed E-state index contributed by atoms with van der Waals surface area (Å²) >= 11 is 5.74. The summed E-state index contributed by atoms with van der Waals surface area (Å²) in [5.74, 6) is 3.46. The molecule has 0 amide bonds. The average Bonchev–Trinajstić information content (AvgIpc) is 3.31. The molecule has 0 fully saturated rings. The summed E-state index contributed by atoms with van der Waals surface area (Å²) in [6.07, 6.45) is 1.65. The highest BCUT2D eigenvalue weighted by Gasteiger charge is 2.16. The number of furan rings is 1. The number of anilines is 1. The van der Waals surface area contributed by atoms with E-state index in [-0.39, 0.29) is 0 Å². The summed E-state index contributed by atoms with van der Waals surface area (Å²) in [5.41, 5.74) is 1.75. The van der Waals surface area contributed by atoms with E-state index in [1.54, 1.807) is 40.8 Å². The Morgan fingerprint density at radius 2 is 1.65 bits per heavy atom. The number of methoxy groups -OCH3 is 4. The molecule has 3 aromatic rings. The monoisotopic (exact) mass is 442 g/mol. The van der Waals surface area contributed by atoms with Gasteiger partial charge >= 0.3 is 0 Å². The van der Waals surface area contributed by atoms with Crippen LogP contribution in [0.25, 0.3) is 0 Å². The Labute approximate surface area is 187 Å². The lowest BCUT2D eigenvalue weighted by Gasteiger charge is -2.26. The first-order chi connectivity index (χ1) is 15.1. The lowest BCUT2D eigenvalue weighted by molar-refractivity contribution is 0.347. The molecule has 164 valence electrons. The van der Waals surface area contributed by atoms with Crippen molar-refractivity contribution >= 4 is 23.0 Å². The summed E-state index contributed by atoms with van der Waals surface area (Å²) in [5, 5.41) is 3.80. The number of thiocarbonyl (C=S) groups is 1. The van der Waals surface area contributed by atoms with E-state index in [4.69, 9.17) is 35.6 Å². The van der Waals surface area contributed by atoms with Gasteiger partial charge < -0.3 is 33.6 Å². The minimum atomic E-state index is 0.492. The first-order valence-corrected chi connectivity index (χ1v) is 10.00. The van der Waals surface area contributed by atoms with Gasteiger partial charge in [0.1, 0.15) is 17.3 Å². The molecule has 0 bridgehead atoms. The number of hydrogen-bond donors (Lipinski definition) is 1. The Bertz CT molecular complexity index is 1010. The van der Waals surface area contributed by atoms with E-state index in [9.17, 15) is 0 Å². The number of nitrogens with one attached hydrogen (secondary N) is 1. The van der Waals surface area contributed by atoms with Crippen molar-refractivity contribution < 1.29 is 23.4 Å². The van der Waals surface area contributed by atoms with Gasteiger partial charge in [-0.15, -0.1) is 0 Å². The molecule has 0 saturated carbocycles. The number of nitrogens with zero attached hydrogens (tertiary/aromatic N) is 1. The van der Waals surface area contributed by atoms with Crippen molar-refractivity contribution in [3.8, 4) is 23.0 Å². The van der Waals surface area contributed by atoms with E-state index < -0.39 is 0 Å². The zero-order valence-corrected chi connectivity index (χ0v) is 18.8. The van der Waals surface area contributed by atoms with E-state index in [0.717, 1.165) is 17.0 Å². The van der Waals surface area contributed by atoms with Crippen molar-refractivity contribution in [3.05, 3.63) is 66.1 Å². The van der Waals surface area contributed by atoms with Gasteiger partial charge in [0.05, 0.1) is 46.9 Å². The van der Waals surface area contributed by atoms with Gasteiger partial charge in [-0.3, -0.25) is 0 Å². The Kier molecular flexibility index (Phi) is 7.61. The molecule has 0 aliphatic rings. The summed E-state index contributed by atoms with van der Waals surface area (Å²) < 4.78 is 27.1. The van der Waals surface area contributed by atoms with E-state index in [2.05, 4.69) is 5.32 Å². The van der Waals surface area contributed by atoms with Gasteiger partial charge in [-0.1, -0.05) is 6.07 Å². The zero-order chi connectivity index (χ0) is 22.2. The van der Waals surface area contributed by atoms with E-state index in [0.29, 0.717) is 41.2 Å². The van der Waals surface area contributed by atoms with Crippen molar-refractivity contribution in [3.63, 3.8) is 0 Å². The highest BCUT2D eigenvalue weighted by molar-refractivity contribution is 7.80. The lowest BCUT2D eigenvalue weighted by Crippen LogP contribution is -2.33. The smallest absolute Gasteiger partial charge is 0.174 e. The molecule has 7 nitrogen and oxygen atoms in total. The van der Waals surface area contributed by atoms with Crippen LogP contribution in [0, 0.1) is 0 Å². The SMILES string of the molecule is COc1ccc(NC(=S)N(Cc2ccc(OC)c(OC)c2)Cc2ccco2)c(OC)c1. The third-order valence-corrected chi connectivity index (χ3v) is 5.05. The van der Waals surface area contributed by atoms with Crippen LogP contribution in [0.3, 0.4) is 0 Å². The maximum Gasteiger partial charge on any atom is 0.174 e. The molecular formula is C23H26N2O5S. The Hall–Kier alpha value is -3.39. The van der Waals surface area contributed by atoms with Crippen molar-refractivity contribution in [2.45, 2.75) is 13.1 Å². The quantitative estimate of drug-likeness (QED) is 0.478. The van der Waals surface area contributed by atoms with Gasteiger partial charge in [-0.2, -0.15) is 0 Å². The predicted octanol–water partition coefficient (Wildman–Crippen LogP) is 4.71. The fourth-order valence-electron chi connectivity index (χ4n) is 3.09. The molecule has 0 spiro atoms. The highest BCUT2D eigenvalue weighted by atomic mass is 32.1. The van der Waals surface area contributed by atoms with Crippen molar-refractivity contribution in [2.75, 3.05) is 33.8 Å². The summed E-state index contributed by atoms with van der Waals surface area (Å²) in [4.78, 5) is 2.00.